The summed E-state index contributed by atoms with van der Waals surface area (Å²) in [7, 11) is 0. The molecule has 1 N–H and O–H groups in total. The predicted octanol–water partition coefficient (Wildman–Crippen LogP) is 0.686. The van der Waals surface area contributed by atoms with Gasteiger partial charge in [0.2, 0.25) is 0 Å². The Balaban J connectivity index is 0.00000133. The molecule has 3 rings (SSSR count). The molecule has 0 saturated carbocycles. The summed E-state index contributed by atoms with van der Waals surface area (Å²) in [6, 6.07) is 16.1. The van der Waals surface area contributed by atoms with Crippen molar-refractivity contribution in [3.63, 3.8) is 0 Å². The van der Waals surface area contributed by atoms with Crippen LogP contribution in [0.25, 0.3) is 10.9 Å². The number of para-hydroxylation sites is 2. The molecule has 0 radical (unpaired) electrons. The highest BCUT2D eigenvalue weighted by molar-refractivity contribution is 5.90. The molecule has 0 aliphatic heterocycles. The second-order valence-corrected chi connectivity index (χ2v) is 4.18. The van der Waals surface area contributed by atoms with Crippen molar-refractivity contribution in [3.05, 3.63) is 60.4 Å². The molecule has 3 nitrogen and oxygen atoms in total. The Bertz CT molecular complexity index is 692. The fourth-order valence-corrected chi connectivity index (χ4v) is 1.95. The van der Waals surface area contributed by atoms with Gasteiger partial charge in [0.25, 0.3) is 0 Å². The first kappa shape index (κ1) is 13.3. The van der Waals surface area contributed by atoms with Crippen LogP contribution in [0, 0.1) is 6.92 Å². The zero-order chi connectivity index (χ0) is 12.4. The monoisotopic (exact) mass is 270 g/mol. The Morgan fingerprint density at radius 2 is 1.63 bits per heavy atom. The third kappa shape index (κ3) is 2.66. The first-order valence-corrected chi connectivity index (χ1v) is 5.87. The van der Waals surface area contributed by atoms with Gasteiger partial charge in [-0.3, -0.25) is 0 Å². The van der Waals surface area contributed by atoms with Gasteiger partial charge in [-0.15, -0.1) is 0 Å². The molecule has 0 atom stereocenters. The molecule has 1 heterocycles. The standard InChI is InChI=1S/C15H13N3.ClH/c1-11-6-2-4-8-13(11)18-15-12-7-3-5-9-14(12)16-10-17-15;/h2-10H,1H3,(H,16,17,18);1H/p-1. The van der Waals surface area contributed by atoms with Gasteiger partial charge in [0.05, 0.1) is 5.52 Å². The SMILES string of the molecule is Cc1ccccc1Nc1ncnc2ccccc12.[Cl-]. The van der Waals surface area contributed by atoms with Gasteiger partial charge in [-0.1, -0.05) is 30.3 Å². The zero-order valence-corrected chi connectivity index (χ0v) is 11.2. The molecular formula is C15H13ClN3-. The largest absolute Gasteiger partial charge is 1.00 e. The van der Waals surface area contributed by atoms with Gasteiger partial charge >= 0.3 is 0 Å². The lowest BCUT2D eigenvalue weighted by molar-refractivity contribution is -0.00000371. The minimum atomic E-state index is 0. The van der Waals surface area contributed by atoms with E-state index in [0.717, 1.165) is 22.4 Å². The Kier molecular flexibility index (Phi) is 3.97. The van der Waals surface area contributed by atoms with E-state index in [1.165, 1.54) is 5.56 Å². The number of nitrogens with one attached hydrogen (secondary N) is 1. The topological polar surface area (TPSA) is 37.8 Å². The normalized spacial score (nSPS) is 9.95. The number of aromatic nitrogens is 2. The summed E-state index contributed by atoms with van der Waals surface area (Å²) in [4.78, 5) is 8.58. The van der Waals surface area contributed by atoms with Crippen LogP contribution in [0.2, 0.25) is 0 Å². The number of halogens is 1. The Morgan fingerprint density at radius 1 is 0.895 bits per heavy atom. The van der Waals surface area contributed by atoms with E-state index < -0.39 is 0 Å². The van der Waals surface area contributed by atoms with E-state index in [1.54, 1.807) is 6.33 Å². The van der Waals surface area contributed by atoms with Crippen LogP contribution in [0.3, 0.4) is 0 Å². The molecule has 0 spiro atoms. The van der Waals surface area contributed by atoms with E-state index >= 15 is 0 Å². The maximum absolute atomic E-state index is 4.32. The predicted molar refractivity (Wildman–Crippen MR) is 74.0 cm³/mol. The maximum atomic E-state index is 4.32. The molecular weight excluding hydrogens is 258 g/mol. The van der Waals surface area contributed by atoms with Crippen LogP contribution in [-0.2, 0) is 0 Å². The van der Waals surface area contributed by atoms with Crippen molar-refractivity contribution in [1.82, 2.24) is 9.97 Å². The van der Waals surface area contributed by atoms with Crippen LogP contribution in [0.1, 0.15) is 5.56 Å². The summed E-state index contributed by atoms with van der Waals surface area (Å²) in [5, 5.41) is 4.39. The van der Waals surface area contributed by atoms with Crippen LogP contribution in [0.5, 0.6) is 0 Å². The summed E-state index contributed by atoms with van der Waals surface area (Å²) in [6.45, 7) is 2.08. The van der Waals surface area contributed by atoms with Crippen LogP contribution in [-0.4, -0.2) is 9.97 Å². The summed E-state index contributed by atoms with van der Waals surface area (Å²) in [6.07, 6.45) is 1.59. The maximum Gasteiger partial charge on any atom is 0.141 e. The number of fused-ring (bicyclic) bond motifs is 1. The lowest BCUT2D eigenvalue weighted by Gasteiger charge is -2.10. The molecule has 0 bridgehead atoms. The molecule has 19 heavy (non-hydrogen) atoms. The second kappa shape index (κ2) is 5.67. The molecule has 0 fully saturated rings. The number of rotatable bonds is 2. The zero-order valence-electron chi connectivity index (χ0n) is 10.5. The molecule has 0 aliphatic carbocycles. The Hall–Kier alpha value is -2.13. The summed E-state index contributed by atoms with van der Waals surface area (Å²) in [5.74, 6) is 0.843. The van der Waals surface area contributed by atoms with E-state index in [-0.39, 0.29) is 12.4 Å². The summed E-state index contributed by atoms with van der Waals surface area (Å²) < 4.78 is 0. The molecule has 3 aromatic rings. The van der Waals surface area contributed by atoms with E-state index in [4.69, 9.17) is 0 Å². The Labute approximate surface area is 118 Å². The number of nitrogens with zero attached hydrogens (tertiary/aromatic N) is 2. The van der Waals surface area contributed by atoms with Crippen molar-refractivity contribution in [1.29, 1.82) is 0 Å². The number of hydrogen-bond acceptors (Lipinski definition) is 3. The van der Waals surface area contributed by atoms with Crippen molar-refractivity contribution in [3.8, 4) is 0 Å². The molecule has 1 aromatic heterocycles. The smallest absolute Gasteiger partial charge is 0.141 e. The molecule has 4 heteroatoms. The van der Waals surface area contributed by atoms with Crippen molar-refractivity contribution in [2.45, 2.75) is 6.92 Å². The minimum absolute atomic E-state index is 0. The van der Waals surface area contributed by atoms with E-state index in [9.17, 15) is 0 Å². The van der Waals surface area contributed by atoms with Crippen LogP contribution in [0.4, 0.5) is 11.5 Å². The van der Waals surface area contributed by atoms with Gasteiger partial charge in [0.15, 0.2) is 0 Å². The fraction of sp³-hybridized carbons (Fsp3) is 0.0667. The lowest BCUT2D eigenvalue weighted by Crippen LogP contribution is -3.00. The van der Waals surface area contributed by atoms with Gasteiger partial charge in [-0.05, 0) is 30.7 Å². The van der Waals surface area contributed by atoms with Gasteiger partial charge in [-0.2, -0.15) is 0 Å². The molecule has 96 valence electrons. The highest BCUT2D eigenvalue weighted by Gasteiger charge is 2.04. The van der Waals surface area contributed by atoms with Crippen LogP contribution >= 0.6 is 0 Å². The average Bonchev–Trinajstić information content (AvgIpc) is 2.42. The highest BCUT2D eigenvalue weighted by atomic mass is 35.5. The average molecular weight is 271 g/mol. The van der Waals surface area contributed by atoms with Crippen molar-refractivity contribution >= 4 is 22.4 Å². The first-order valence-electron chi connectivity index (χ1n) is 5.87. The molecule has 0 aliphatic rings. The van der Waals surface area contributed by atoms with Crippen LogP contribution in [0.15, 0.2) is 54.9 Å². The molecule has 0 unspecified atom stereocenters. The van der Waals surface area contributed by atoms with E-state index in [2.05, 4.69) is 28.3 Å². The second-order valence-electron chi connectivity index (χ2n) is 4.18. The summed E-state index contributed by atoms with van der Waals surface area (Å²) in [5.41, 5.74) is 3.21. The van der Waals surface area contributed by atoms with Crippen molar-refractivity contribution in [2.24, 2.45) is 0 Å². The number of aryl methyl sites for hydroxylation is 1. The van der Waals surface area contributed by atoms with Gasteiger partial charge in [0, 0.05) is 11.1 Å². The van der Waals surface area contributed by atoms with E-state index in [0.29, 0.717) is 0 Å². The summed E-state index contributed by atoms with van der Waals surface area (Å²) >= 11 is 0. The lowest BCUT2D eigenvalue weighted by atomic mass is 10.2. The third-order valence-electron chi connectivity index (χ3n) is 2.94. The number of benzene rings is 2. The fourth-order valence-electron chi connectivity index (χ4n) is 1.95. The van der Waals surface area contributed by atoms with E-state index in [1.807, 2.05) is 42.5 Å². The number of anilines is 2. The Morgan fingerprint density at radius 3 is 2.47 bits per heavy atom. The highest BCUT2D eigenvalue weighted by Crippen LogP contribution is 2.24. The van der Waals surface area contributed by atoms with Crippen molar-refractivity contribution < 1.29 is 12.4 Å². The first-order chi connectivity index (χ1) is 8.84. The van der Waals surface area contributed by atoms with Gasteiger partial charge < -0.3 is 17.7 Å². The van der Waals surface area contributed by atoms with Crippen LogP contribution < -0.4 is 17.7 Å². The van der Waals surface area contributed by atoms with Gasteiger partial charge in [0.1, 0.15) is 12.1 Å². The van der Waals surface area contributed by atoms with Crippen molar-refractivity contribution in [2.75, 3.05) is 5.32 Å². The minimum Gasteiger partial charge on any atom is -1.00 e. The van der Waals surface area contributed by atoms with Gasteiger partial charge in [-0.25, -0.2) is 9.97 Å². The number of hydrogen-bond donors (Lipinski definition) is 1. The molecule has 0 amide bonds. The quantitative estimate of drug-likeness (QED) is 0.744. The molecule has 0 saturated heterocycles. The molecule has 2 aromatic carbocycles. The third-order valence-corrected chi connectivity index (χ3v) is 2.94.